The molecule has 4 aromatic rings. The Morgan fingerprint density at radius 1 is 0.357 bits per heavy atom. The lowest BCUT2D eigenvalue weighted by molar-refractivity contribution is 1.62. The predicted molar refractivity (Wildman–Crippen MR) is 119 cm³/mol. The Hall–Kier alpha value is -2.80. The van der Waals surface area contributed by atoms with E-state index in [-0.39, 0.29) is 0 Å². The van der Waals surface area contributed by atoms with Crippen molar-refractivity contribution >= 4 is 34.3 Å². The lowest BCUT2D eigenvalue weighted by Crippen LogP contribution is -1.90. The van der Waals surface area contributed by atoms with Crippen LogP contribution in [0.15, 0.2) is 84.9 Å². The molecule has 0 saturated heterocycles. The van der Waals surface area contributed by atoms with Crippen molar-refractivity contribution in [2.24, 2.45) is 0 Å². The van der Waals surface area contributed by atoms with Crippen LogP contribution in [0, 0.1) is 0 Å². The van der Waals surface area contributed by atoms with Gasteiger partial charge in [0.1, 0.15) is 0 Å². The molecular weight excluding hydrogens is 383 g/mol. The van der Waals surface area contributed by atoms with Gasteiger partial charge in [0.05, 0.1) is 0 Å². The Labute approximate surface area is 173 Å². The van der Waals surface area contributed by atoms with Crippen molar-refractivity contribution in [2.75, 3.05) is 0 Å². The highest BCUT2D eigenvalue weighted by molar-refractivity contribution is 6.32. The molecule has 2 heteroatoms. The molecule has 0 unspecified atom stereocenters. The van der Waals surface area contributed by atoms with Crippen molar-refractivity contribution in [3.05, 3.63) is 117 Å². The third-order valence-corrected chi connectivity index (χ3v) is 6.20. The lowest BCUT2D eigenvalue weighted by atomic mass is 9.92. The van der Waals surface area contributed by atoms with E-state index in [0.717, 1.165) is 10.0 Å². The number of hydrogen-bond acceptors (Lipinski definition) is 0. The van der Waals surface area contributed by atoms with Gasteiger partial charge < -0.3 is 0 Å². The molecule has 0 spiro atoms. The van der Waals surface area contributed by atoms with Gasteiger partial charge in [-0.2, -0.15) is 0 Å². The fraction of sp³-hybridized carbons (Fsp3) is 0. The zero-order valence-electron chi connectivity index (χ0n) is 14.8. The molecule has 0 fully saturated rings. The molecule has 0 nitrogen and oxygen atoms in total. The van der Waals surface area contributed by atoms with Gasteiger partial charge >= 0.3 is 0 Å². The monoisotopic (exact) mass is 396 g/mol. The van der Waals surface area contributed by atoms with E-state index in [1.807, 2.05) is 12.1 Å². The van der Waals surface area contributed by atoms with Gasteiger partial charge in [0, 0.05) is 10.0 Å². The molecule has 28 heavy (non-hydrogen) atoms. The Bertz CT molecular complexity index is 1230. The van der Waals surface area contributed by atoms with E-state index in [0.29, 0.717) is 0 Å². The van der Waals surface area contributed by atoms with Crippen molar-refractivity contribution in [2.45, 2.75) is 0 Å². The first-order chi connectivity index (χ1) is 13.7. The first-order valence-corrected chi connectivity index (χ1v) is 10.0. The van der Waals surface area contributed by atoms with Crippen LogP contribution < -0.4 is 0 Å². The summed E-state index contributed by atoms with van der Waals surface area (Å²) in [4.78, 5) is 0. The highest BCUT2D eigenvalue weighted by Gasteiger charge is 2.32. The molecule has 2 aliphatic carbocycles. The first kappa shape index (κ1) is 16.2. The first-order valence-electron chi connectivity index (χ1n) is 9.26. The lowest BCUT2D eigenvalue weighted by Gasteiger charge is -2.11. The second kappa shape index (κ2) is 5.85. The van der Waals surface area contributed by atoms with Gasteiger partial charge in [-0.25, -0.2) is 0 Å². The van der Waals surface area contributed by atoms with Gasteiger partial charge in [0.25, 0.3) is 0 Å². The van der Waals surface area contributed by atoms with Gasteiger partial charge in [0.2, 0.25) is 0 Å². The molecule has 0 bridgehead atoms. The molecule has 0 aromatic heterocycles. The molecule has 0 heterocycles. The highest BCUT2D eigenvalue weighted by atomic mass is 35.5. The Balaban J connectivity index is 1.80. The minimum absolute atomic E-state index is 0.763. The minimum Gasteiger partial charge on any atom is -0.0843 e. The second-order valence-corrected chi connectivity index (χ2v) is 8.09. The molecule has 0 atom stereocenters. The maximum atomic E-state index is 6.35. The Morgan fingerprint density at radius 2 is 0.714 bits per heavy atom. The fourth-order valence-electron chi connectivity index (χ4n) is 4.62. The van der Waals surface area contributed by atoms with Crippen LogP contribution in [0.1, 0.15) is 22.3 Å². The van der Waals surface area contributed by atoms with Gasteiger partial charge in [-0.05, 0) is 79.9 Å². The normalized spacial score (nSPS) is 15.8. The standard InChI is InChI=1S/C26H14Cl2/c27-15-9-11-21-23(13-15)17-5-1-3-7-19(17)25(21)26-20-8-4-2-6-18(20)24-14-16(28)10-12-22(24)26/h1-14H/b26-25-. The molecule has 0 aliphatic heterocycles. The average Bonchev–Trinajstić information content (AvgIpc) is 3.20. The van der Waals surface area contributed by atoms with Crippen LogP contribution in [0.5, 0.6) is 0 Å². The molecule has 0 radical (unpaired) electrons. The van der Waals surface area contributed by atoms with Gasteiger partial charge in [0.15, 0.2) is 0 Å². The van der Waals surface area contributed by atoms with Crippen molar-refractivity contribution in [1.29, 1.82) is 0 Å². The predicted octanol–water partition coefficient (Wildman–Crippen LogP) is 7.96. The van der Waals surface area contributed by atoms with Crippen LogP contribution in [0.3, 0.4) is 0 Å². The molecule has 0 N–H and O–H groups in total. The quantitative estimate of drug-likeness (QED) is 0.244. The van der Waals surface area contributed by atoms with Crippen LogP contribution in [-0.2, 0) is 0 Å². The van der Waals surface area contributed by atoms with Crippen LogP contribution >= 0.6 is 23.2 Å². The number of hydrogen-bond donors (Lipinski definition) is 0. The van der Waals surface area contributed by atoms with E-state index >= 15 is 0 Å². The van der Waals surface area contributed by atoms with E-state index in [9.17, 15) is 0 Å². The summed E-state index contributed by atoms with van der Waals surface area (Å²) in [6, 6.07) is 29.6. The van der Waals surface area contributed by atoms with Crippen molar-refractivity contribution in [3.63, 3.8) is 0 Å². The van der Waals surface area contributed by atoms with E-state index in [4.69, 9.17) is 23.2 Å². The number of rotatable bonds is 0. The molecule has 6 rings (SSSR count). The van der Waals surface area contributed by atoms with Crippen LogP contribution in [-0.4, -0.2) is 0 Å². The largest absolute Gasteiger partial charge is 0.0843 e. The molecule has 0 amide bonds. The Morgan fingerprint density at radius 3 is 1.14 bits per heavy atom. The third kappa shape index (κ3) is 2.13. The SMILES string of the molecule is Clc1ccc2c(c1)-c1ccccc1/C2=C1\c2ccccc2-c2cc(Cl)ccc21. The molecular formula is C26H14Cl2. The maximum Gasteiger partial charge on any atom is 0.0412 e. The van der Waals surface area contributed by atoms with Gasteiger partial charge in [-0.15, -0.1) is 0 Å². The third-order valence-electron chi connectivity index (χ3n) is 5.73. The summed E-state index contributed by atoms with van der Waals surface area (Å²) in [5, 5.41) is 1.53. The topological polar surface area (TPSA) is 0 Å². The van der Waals surface area contributed by atoms with Crippen molar-refractivity contribution < 1.29 is 0 Å². The van der Waals surface area contributed by atoms with Gasteiger partial charge in [-0.1, -0.05) is 83.9 Å². The Kier molecular flexibility index (Phi) is 3.38. The van der Waals surface area contributed by atoms with E-state index < -0.39 is 0 Å². The van der Waals surface area contributed by atoms with E-state index in [1.165, 1.54) is 55.7 Å². The second-order valence-electron chi connectivity index (χ2n) is 7.22. The van der Waals surface area contributed by atoms with Crippen LogP contribution in [0.2, 0.25) is 10.0 Å². The summed E-state index contributed by atoms with van der Waals surface area (Å²) in [5.41, 5.74) is 12.4. The summed E-state index contributed by atoms with van der Waals surface area (Å²) in [5.74, 6) is 0. The summed E-state index contributed by atoms with van der Waals surface area (Å²) in [7, 11) is 0. The molecule has 132 valence electrons. The molecule has 0 saturated carbocycles. The number of fused-ring (bicyclic) bond motifs is 6. The van der Waals surface area contributed by atoms with Crippen LogP contribution in [0.4, 0.5) is 0 Å². The fourth-order valence-corrected chi connectivity index (χ4v) is 4.96. The van der Waals surface area contributed by atoms with E-state index in [1.54, 1.807) is 0 Å². The summed E-state index contributed by atoms with van der Waals surface area (Å²) >= 11 is 12.7. The van der Waals surface area contributed by atoms with Crippen molar-refractivity contribution in [3.8, 4) is 22.3 Å². The average molecular weight is 397 g/mol. The van der Waals surface area contributed by atoms with E-state index in [2.05, 4.69) is 72.8 Å². The van der Waals surface area contributed by atoms with Gasteiger partial charge in [-0.3, -0.25) is 0 Å². The minimum atomic E-state index is 0.763. The summed E-state index contributed by atoms with van der Waals surface area (Å²) in [6.45, 7) is 0. The van der Waals surface area contributed by atoms with Crippen molar-refractivity contribution in [1.82, 2.24) is 0 Å². The zero-order chi connectivity index (χ0) is 18.8. The summed E-state index contributed by atoms with van der Waals surface area (Å²) in [6.07, 6.45) is 0. The number of benzene rings is 4. The zero-order valence-corrected chi connectivity index (χ0v) is 16.4. The highest BCUT2D eigenvalue weighted by Crippen LogP contribution is 2.54. The smallest absolute Gasteiger partial charge is 0.0412 e. The van der Waals surface area contributed by atoms with Crippen LogP contribution in [0.25, 0.3) is 33.4 Å². The molecule has 2 aliphatic rings. The summed E-state index contributed by atoms with van der Waals surface area (Å²) < 4.78 is 0. The molecule has 4 aromatic carbocycles. The maximum absolute atomic E-state index is 6.35. The number of halogens is 2.